The van der Waals surface area contributed by atoms with Crippen molar-refractivity contribution in [2.24, 2.45) is 0 Å². The number of nitrogens with one attached hydrogen (secondary N) is 2. The van der Waals surface area contributed by atoms with Gasteiger partial charge in [0.05, 0.1) is 16.9 Å². The maximum atomic E-state index is 13.0. The molecule has 1 atom stereocenters. The number of carbonyl (C=O) groups excluding carboxylic acids is 1. The number of nitrogens with zero attached hydrogens (tertiary/aromatic N) is 2. The Hall–Kier alpha value is -1.75. The van der Waals surface area contributed by atoms with E-state index in [1.807, 2.05) is 23.1 Å². The average Bonchev–Trinajstić information content (AvgIpc) is 2.93. The van der Waals surface area contributed by atoms with Crippen LogP contribution in [0.5, 0.6) is 0 Å². The van der Waals surface area contributed by atoms with Crippen LogP contribution in [0, 0.1) is 0 Å². The van der Waals surface area contributed by atoms with E-state index in [4.69, 9.17) is 0 Å². The van der Waals surface area contributed by atoms with Gasteiger partial charge in [-0.15, -0.1) is 0 Å². The second-order valence-electron chi connectivity index (χ2n) is 6.14. The van der Waals surface area contributed by atoms with Gasteiger partial charge in [-0.05, 0) is 39.1 Å². The molecule has 0 radical (unpaired) electrons. The zero-order valence-corrected chi connectivity index (χ0v) is 12.9. The number of rotatable bonds is 3. The van der Waals surface area contributed by atoms with Crippen molar-refractivity contribution in [2.45, 2.75) is 18.9 Å². The average molecular weight is 288 g/mol. The molecule has 2 aliphatic rings. The summed E-state index contributed by atoms with van der Waals surface area (Å²) in [6, 6.07) is 6.26. The number of likely N-dealkylation sites (N-methyl/N-ethyl adjacent to an activating group) is 1. The molecule has 0 saturated carbocycles. The van der Waals surface area contributed by atoms with Crippen LogP contribution in [0.3, 0.4) is 0 Å². The van der Waals surface area contributed by atoms with Crippen LogP contribution < -0.4 is 10.6 Å². The fraction of sp³-hybridized carbons (Fsp3) is 0.562. The predicted molar refractivity (Wildman–Crippen MR) is 86.0 cm³/mol. The van der Waals surface area contributed by atoms with Gasteiger partial charge in [0.15, 0.2) is 0 Å². The van der Waals surface area contributed by atoms with E-state index in [2.05, 4.69) is 29.6 Å². The van der Waals surface area contributed by atoms with Gasteiger partial charge < -0.3 is 20.4 Å². The summed E-state index contributed by atoms with van der Waals surface area (Å²) in [6.07, 6.45) is 2.20. The third-order valence-corrected chi connectivity index (χ3v) is 4.25. The highest BCUT2D eigenvalue weighted by Crippen LogP contribution is 2.31. The zero-order valence-electron chi connectivity index (χ0n) is 12.9. The smallest absolute Gasteiger partial charge is 0.256 e. The van der Waals surface area contributed by atoms with Crippen LogP contribution in [0.4, 0.5) is 11.4 Å². The topological polar surface area (TPSA) is 47.6 Å². The normalized spacial score (nSPS) is 20.9. The molecule has 5 nitrogen and oxygen atoms in total. The highest BCUT2D eigenvalue weighted by atomic mass is 16.2. The van der Waals surface area contributed by atoms with Gasteiger partial charge in [0.25, 0.3) is 5.91 Å². The van der Waals surface area contributed by atoms with Crippen molar-refractivity contribution >= 4 is 17.3 Å². The summed E-state index contributed by atoms with van der Waals surface area (Å²) in [4.78, 5) is 17.2. The second kappa shape index (κ2) is 5.93. The lowest BCUT2D eigenvalue weighted by Crippen LogP contribution is -2.41. The van der Waals surface area contributed by atoms with E-state index >= 15 is 0 Å². The molecule has 114 valence electrons. The van der Waals surface area contributed by atoms with E-state index < -0.39 is 0 Å². The van der Waals surface area contributed by atoms with Crippen molar-refractivity contribution in [2.75, 3.05) is 50.9 Å². The molecule has 0 aliphatic carbocycles. The Labute approximate surface area is 126 Å². The Kier molecular flexibility index (Phi) is 4.01. The molecule has 2 aliphatic heterocycles. The largest absolute Gasteiger partial charge is 0.382 e. The molecule has 1 aromatic rings. The highest BCUT2D eigenvalue weighted by Gasteiger charge is 2.31. The molecule has 2 heterocycles. The second-order valence-corrected chi connectivity index (χ2v) is 6.14. The molecule has 3 rings (SSSR count). The van der Waals surface area contributed by atoms with Crippen molar-refractivity contribution in [1.29, 1.82) is 0 Å². The van der Waals surface area contributed by atoms with E-state index in [1.165, 1.54) is 0 Å². The van der Waals surface area contributed by atoms with Crippen LogP contribution in [-0.2, 0) is 0 Å². The summed E-state index contributed by atoms with van der Waals surface area (Å²) >= 11 is 0. The number of hydrogen-bond donors (Lipinski definition) is 2. The Morgan fingerprint density at radius 1 is 1.33 bits per heavy atom. The number of para-hydroxylation sites is 1. The minimum Gasteiger partial charge on any atom is -0.382 e. The molecule has 1 aromatic carbocycles. The SMILES string of the molecule is CN(C)CC1CCCN1C(=O)c1cccc2c1NCCN2. The van der Waals surface area contributed by atoms with Gasteiger partial charge in [0, 0.05) is 32.2 Å². The molecule has 2 N–H and O–H groups in total. The summed E-state index contributed by atoms with van der Waals surface area (Å²) in [7, 11) is 4.13. The first-order valence-electron chi connectivity index (χ1n) is 7.73. The van der Waals surface area contributed by atoms with E-state index in [0.29, 0.717) is 6.04 Å². The number of likely N-dealkylation sites (tertiary alicyclic amines) is 1. The predicted octanol–water partition coefficient (Wildman–Crippen LogP) is 1.69. The molecule has 1 amide bonds. The van der Waals surface area contributed by atoms with Crippen LogP contribution in [0.2, 0.25) is 0 Å². The lowest BCUT2D eigenvalue weighted by Gasteiger charge is -2.29. The van der Waals surface area contributed by atoms with Gasteiger partial charge in [-0.2, -0.15) is 0 Å². The van der Waals surface area contributed by atoms with Crippen molar-refractivity contribution in [3.63, 3.8) is 0 Å². The Balaban J connectivity index is 1.85. The summed E-state index contributed by atoms with van der Waals surface area (Å²) in [5, 5.41) is 6.72. The van der Waals surface area contributed by atoms with E-state index in [1.54, 1.807) is 0 Å². The minimum absolute atomic E-state index is 0.160. The van der Waals surface area contributed by atoms with Crippen molar-refractivity contribution in [3.05, 3.63) is 23.8 Å². The maximum Gasteiger partial charge on any atom is 0.256 e. The summed E-state index contributed by atoms with van der Waals surface area (Å²) in [5.41, 5.74) is 2.80. The van der Waals surface area contributed by atoms with E-state index in [-0.39, 0.29) is 5.91 Å². The third-order valence-electron chi connectivity index (χ3n) is 4.25. The van der Waals surface area contributed by atoms with Gasteiger partial charge >= 0.3 is 0 Å². The van der Waals surface area contributed by atoms with Crippen LogP contribution in [0.1, 0.15) is 23.2 Å². The van der Waals surface area contributed by atoms with Gasteiger partial charge in [-0.3, -0.25) is 4.79 Å². The first kappa shape index (κ1) is 14.2. The molecule has 0 bridgehead atoms. The molecule has 5 heteroatoms. The Bertz CT molecular complexity index is 529. The van der Waals surface area contributed by atoms with Gasteiger partial charge in [-0.1, -0.05) is 6.07 Å². The molecular formula is C16H24N4O. The molecule has 1 unspecified atom stereocenters. The fourth-order valence-corrected chi connectivity index (χ4v) is 3.32. The third kappa shape index (κ3) is 2.83. The minimum atomic E-state index is 0.160. The monoisotopic (exact) mass is 288 g/mol. The number of benzene rings is 1. The maximum absolute atomic E-state index is 13.0. The first-order chi connectivity index (χ1) is 10.2. The van der Waals surface area contributed by atoms with Gasteiger partial charge in [-0.25, -0.2) is 0 Å². The molecule has 1 fully saturated rings. The number of hydrogen-bond acceptors (Lipinski definition) is 4. The first-order valence-corrected chi connectivity index (χ1v) is 7.73. The van der Waals surface area contributed by atoms with Crippen LogP contribution in [-0.4, -0.2) is 62.0 Å². The number of amides is 1. The zero-order chi connectivity index (χ0) is 14.8. The van der Waals surface area contributed by atoms with Crippen molar-refractivity contribution in [3.8, 4) is 0 Å². The standard InChI is InChI=1S/C16H24N4O/c1-19(2)11-12-5-4-10-20(12)16(21)13-6-3-7-14-15(13)18-9-8-17-14/h3,6-7,12,17-18H,4-5,8-11H2,1-2H3. The van der Waals surface area contributed by atoms with Crippen LogP contribution in [0.15, 0.2) is 18.2 Å². The van der Waals surface area contributed by atoms with Crippen molar-refractivity contribution in [1.82, 2.24) is 9.80 Å². The molecule has 1 saturated heterocycles. The molecule has 21 heavy (non-hydrogen) atoms. The Morgan fingerprint density at radius 2 is 2.14 bits per heavy atom. The van der Waals surface area contributed by atoms with Gasteiger partial charge in [0.1, 0.15) is 0 Å². The van der Waals surface area contributed by atoms with Crippen LogP contribution in [0.25, 0.3) is 0 Å². The Morgan fingerprint density at radius 3 is 2.95 bits per heavy atom. The van der Waals surface area contributed by atoms with Crippen molar-refractivity contribution < 1.29 is 4.79 Å². The van der Waals surface area contributed by atoms with E-state index in [0.717, 1.165) is 56.0 Å². The molecule has 0 aromatic heterocycles. The quantitative estimate of drug-likeness (QED) is 0.888. The fourth-order valence-electron chi connectivity index (χ4n) is 3.32. The number of carbonyl (C=O) groups is 1. The summed E-state index contributed by atoms with van der Waals surface area (Å²) in [6.45, 7) is 3.57. The molecular weight excluding hydrogens is 264 g/mol. The lowest BCUT2D eigenvalue weighted by atomic mass is 10.1. The molecule has 0 spiro atoms. The number of anilines is 2. The van der Waals surface area contributed by atoms with E-state index in [9.17, 15) is 4.79 Å². The van der Waals surface area contributed by atoms with Crippen LogP contribution >= 0.6 is 0 Å². The highest BCUT2D eigenvalue weighted by molar-refractivity contribution is 6.03. The summed E-state index contributed by atoms with van der Waals surface area (Å²) < 4.78 is 0. The number of fused-ring (bicyclic) bond motifs is 1. The summed E-state index contributed by atoms with van der Waals surface area (Å²) in [5.74, 6) is 0.160. The van der Waals surface area contributed by atoms with Gasteiger partial charge in [0.2, 0.25) is 0 Å². The lowest BCUT2D eigenvalue weighted by molar-refractivity contribution is 0.0717.